The Balaban J connectivity index is 1.76. The Labute approximate surface area is 137 Å². The molecule has 2 rings (SSSR count). The highest BCUT2D eigenvalue weighted by molar-refractivity contribution is 5.78. The van der Waals surface area contributed by atoms with Gasteiger partial charge in [0.25, 0.3) is 5.91 Å². The molecule has 1 aromatic rings. The van der Waals surface area contributed by atoms with Gasteiger partial charge in [-0.3, -0.25) is 4.79 Å². The predicted molar refractivity (Wildman–Crippen MR) is 86.5 cm³/mol. The number of hydrogen-bond acceptors (Lipinski definition) is 4. The minimum Gasteiger partial charge on any atom is -0.484 e. The maximum Gasteiger partial charge on any atom is 0.409 e. The second-order valence-electron chi connectivity index (χ2n) is 5.52. The van der Waals surface area contributed by atoms with Crippen molar-refractivity contribution in [2.75, 3.05) is 39.9 Å². The van der Waals surface area contributed by atoms with E-state index in [0.717, 1.165) is 12.8 Å². The lowest BCUT2D eigenvalue weighted by Gasteiger charge is -2.33. The van der Waals surface area contributed by atoms with Gasteiger partial charge in [-0.1, -0.05) is 25.5 Å². The summed E-state index contributed by atoms with van der Waals surface area (Å²) in [5, 5.41) is 0. The summed E-state index contributed by atoms with van der Waals surface area (Å²) < 4.78 is 10.2. The van der Waals surface area contributed by atoms with Crippen LogP contribution in [0.4, 0.5) is 4.79 Å². The molecule has 6 nitrogen and oxygen atoms in total. The number of carbonyl (C=O) groups is 2. The molecule has 1 saturated heterocycles. The van der Waals surface area contributed by atoms with Gasteiger partial charge in [0.15, 0.2) is 6.61 Å². The number of rotatable bonds is 5. The molecule has 1 aliphatic rings. The molecule has 0 radical (unpaired) electrons. The first-order valence-electron chi connectivity index (χ1n) is 7.96. The molecule has 1 fully saturated rings. The van der Waals surface area contributed by atoms with E-state index in [9.17, 15) is 9.59 Å². The lowest BCUT2D eigenvalue weighted by molar-refractivity contribution is -0.134. The standard InChI is InChI=1S/C17H24N2O4/c1-3-4-14-5-7-15(8-6-14)23-13-16(20)18-9-11-19(12-10-18)17(21)22-2/h5-8H,3-4,9-13H2,1-2H3. The minimum absolute atomic E-state index is 0.0192. The number of methoxy groups -OCH3 is 1. The van der Waals surface area contributed by atoms with E-state index in [-0.39, 0.29) is 18.6 Å². The van der Waals surface area contributed by atoms with Gasteiger partial charge in [0.1, 0.15) is 5.75 Å². The number of amides is 2. The largest absolute Gasteiger partial charge is 0.484 e. The summed E-state index contributed by atoms with van der Waals surface area (Å²) in [4.78, 5) is 26.9. The molecule has 1 aromatic carbocycles. The quantitative estimate of drug-likeness (QED) is 0.832. The molecular formula is C17H24N2O4. The zero-order valence-electron chi connectivity index (χ0n) is 13.8. The smallest absolute Gasteiger partial charge is 0.409 e. The summed E-state index contributed by atoms with van der Waals surface area (Å²) >= 11 is 0. The highest BCUT2D eigenvalue weighted by Gasteiger charge is 2.24. The van der Waals surface area contributed by atoms with Gasteiger partial charge < -0.3 is 19.3 Å². The number of piperazine rings is 1. The van der Waals surface area contributed by atoms with Crippen LogP contribution in [0.3, 0.4) is 0 Å². The molecule has 0 aromatic heterocycles. The van der Waals surface area contributed by atoms with E-state index >= 15 is 0 Å². The normalized spacial score (nSPS) is 14.5. The van der Waals surface area contributed by atoms with Gasteiger partial charge in [0.2, 0.25) is 0 Å². The van der Waals surface area contributed by atoms with Crippen LogP contribution in [0.5, 0.6) is 5.75 Å². The summed E-state index contributed by atoms with van der Waals surface area (Å²) in [5.74, 6) is 0.638. The fraction of sp³-hybridized carbons (Fsp3) is 0.529. The Kier molecular flexibility index (Phi) is 6.26. The second kappa shape index (κ2) is 8.41. The summed E-state index contributed by atoms with van der Waals surface area (Å²) in [6.45, 7) is 4.15. The van der Waals surface area contributed by atoms with Gasteiger partial charge in [-0.15, -0.1) is 0 Å². The van der Waals surface area contributed by atoms with Crippen molar-refractivity contribution in [1.82, 2.24) is 9.80 Å². The summed E-state index contributed by atoms with van der Waals surface area (Å²) in [6, 6.07) is 7.85. The number of hydrogen-bond donors (Lipinski definition) is 0. The molecule has 1 aliphatic heterocycles. The van der Waals surface area contributed by atoms with E-state index in [4.69, 9.17) is 4.74 Å². The van der Waals surface area contributed by atoms with Crippen LogP contribution in [-0.4, -0.2) is 61.7 Å². The monoisotopic (exact) mass is 320 g/mol. The summed E-state index contributed by atoms with van der Waals surface area (Å²) in [7, 11) is 1.36. The molecule has 0 saturated carbocycles. The zero-order valence-corrected chi connectivity index (χ0v) is 13.8. The highest BCUT2D eigenvalue weighted by atomic mass is 16.5. The van der Waals surface area contributed by atoms with Crippen LogP contribution in [0, 0.1) is 0 Å². The van der Waals surface area contributed by atoms with Crippen molar-refractivity contribution in [3.63, 3.8) is 0 Å². The van der Waals surface area contributed by atoms with Crippen LogP contribution >= 0.6 is 0 Å². The lowest BCUT2D eigenvalue weighted by atomic mass is 10.1. The van der Waals surface area contributed by atoms with E-state index in [2.05, 4.69) is 11.7 Å². The average molecular weight is 320 g/mol. The first kappa shape index (κ1) is 17.1. The molecule has 0 aliphatic carbocycles. The topological polar surface area (TPSA) is 59.1 Å². The maximum atomic E-state index is 12.2. The van der Waals surface area contributed by atoms with Gasteiger partial charge in [-0.2, -0.15) is 0 Å². The molecular weight excluding hydrogens is 296 g/mol. The molecule has 0 bridgehead atoms. The van der Waals surface area contributed by atoms with E-state index in [1.165, 1.54) is 12.7 Å². The number of carbonyl (C=O) groups excluding carboxylic acids is 2. The summed E-state index contributed by atoms with van der Waals surface area (Å²) in [5.41, 5.74) is 1.27. The lowest BCUT2D eigenvalue weighted by Crippen LogP contribution is -2.51. The minimum atomic E-state index is -0.347. The molecule has 1 heterocycles. The summed E-state index contributed by atoms with van der Waals surface area (Å²) in [6.07, 6.45) is 1.81. The molecule has 0 spiro atoms. The van der Waals surface area contributed by atoms with Crippen LogP contribution in [0.15, 0.2) is 24.3 Å². The Morgan fingerprint density at radius 3 is 2.22 bits per heavy atom. The Hall–Kier alpha value is -2.24. The third-order valence-corrected chi connectivity index (χ3v) is 3.89. The first-order chi connectivity index (χ1) is 11.1. The zero-order chi connectivity index (χ0) is 16.7. The van der Waals surface area contributed by atoms with Crippen molar-refractivity contribution in [2.45, 2.75) is 19.8 Å². The van der Waals surface area contributed by atoms with Gasteiger partial charge >= 0.3 is 6.09 Å². The SMILES string of the molecule is CCCc1ccc(OCC(=O)N2CCN(C(=O)OC)CC2)cc1. The van der Waals surface area contributed by atoms with Gasteiger partial charge in [0.05, 0.1) is 7.11 Å². The van der Waals surface area contributed by atoms with E-state index in [1.807, 2.05) is 24.3 Å². The molecule has 23 heavy (non-hydrogen) atoms. The first-order valence-corrected chi connectivity index (χ1v) is 7.96. The van der Waals surface area contributed by atoms with Crippen molar-refractivity contribution in [1.29, 1.82) is 0 Å². The number of nitrogens with zero attached hydrogens (tertiary/aromatic N) is 2. The van der Waals surface area contributed by atoms with Crippen LogP contribution < -0.4 is 4.74 Å². The Bertz CT molecular complexity index is 522. The van der Waals surface area contributed by atoms with Crippen LogP contribution in [0.1, 0.15) is 18.9 Å². The van der Waals surface area contributed by atoms with E-state index in [0.29, 0.717) is 31.9 Å². The van der Waals surface area contributed by atoms with Gasteiger partial charge in [0, 0.05) is 26.2 Å². The van der Waals surface area contributed by atoms with Gasteiger partial charge in [-0.05, 0) is 24.1 Å². The van der Waals surface area contributed by atoms with Crippen molar-refractivity contribution >= 4 is 12.0 Å². The highest BCUT2D eigenvalue weighted by Crippen LogP contribution is 2.14. The van der Waals surface area contributed by atoms with Gasteiger partial charge in [-0.25, -0.2) is 4.79 Å². The van der Waals surface area contributed by atoms with Crippen LogP contribution in [0.2, 0.25) is 0 Å². The Morgan fingerprint density at radius 2 is 1.65 bits per heavy atom. The van der Waals surface area contributed by atoms with Crippen molar-refractivity contribution < 1.29 is 19.1 Å². The number of benzene rings is 1. The second-order valence-corrected chi connectivity index (χ2v) is 5.52. The van der Waals surface area contributed by atoms with Crippen LogP contribution in [-0.2, 0) is 16.0 Å². The van der Waals surface area contributed by atoms with Crippen molar-refractivity contribution in [3.8, 4) is 5.75 Å². The van der Waals surface area contributed by atoms with Crippen molar-refractivity contribution in [2.24, 2.45) is 0 Å². The predicted octanol–water partition coefficient (Wildman–Crippen LogP) is 1.93. The van der Waals surface area contributed by atoms with E-state index in [1.54, 1.807) is 9.80 Å². The third kappa shape index (κ3) is 4.87. The maximum absolute atomic E-state index is 12.2. The molecule has 6 heteroatoms. The average Bonchev–Trinajstić information content (AvgIpc) is 2.60. The third-order valence-electron chi connectivity index (χ3n) is 3.89. The molecule has 126 valence electrons. The number of ether oxygens (including phenoxy) is 2. The molecule has 0 unspecified atom stereocenters. The van der Waals surface area contributed by atoms with Crippen molar-refractivity contribution in [3.05, 3.63) is 29.8 Å². The fourth-order valence-corrected chi connectivity index (χ4v) is 2.54. The molecule has 2 amide bonds. The van der Waals surface area contributed by atoms with Crippen LogP contribution in [0.25, 0.3) is 0 Å². The molecule has 0 atom stereocenters. The van der Waals surface area contributed by atoms with E-state index < -0.39 is 0 Å². The Morgan fingerprint density at radius 1 is 1.04 bits per heavy atom. The molecule has 0 N–H and O–H groups in total. The fourth-order valence-electron chi connectivity index (χ4n) is 2.54. The number of aryl methyl sites for hydroxylation is 1.